The summed E-state index contributed by atoms with van der Waals surface area (Å²) in [5.41, 5.74) is 4.82. The van der Waals surface area contributed by atoms with Gasteiger partial charge in [0.25, 0.3) is 5.91 Å². The molecule has 208 valence electrons. The molecule has 4 heterocycles. The second-order valence-corrected chi connectivity index (χ2v) is 11.7. The predicted molar refractivity (Wildman–Crippen MR) is 166 cm³/mol. The number of halogens is 1. The summed E-state index contributed by atoms with van der Waals surface area (Å²) < 4.78 is 14.3. The Bertz CT molecular complexity index is 1730. The van der Waals surface area contributed by atoms with Crippen LogP contribution in [0.1, 0.15) is 27.7 Å². The Balaban J connectivity index is 1.36. The molecule has 1 N–H and O–H groups in total. The van der Waals surface area contributed by atoms with Gasteiger partial charge in [-0.05, 0) is 70.1 Å². The molecule has 2 aliphatic heterocycles. The number of ether oxygens (including phenoxy) is 2. The largest absolute Gasteiger partial charge is 0.454 e. The minimum Gasteiger partial charge on any atom is -0.454 e. The van der Waals surface area contributed by atoms with Gasteiger partial charge in [0.1, 0.15) is 3.70 Å². The smallest absolute Gasteiger partial charge is 0.256 e. The van der Waals surface area contributed by atoms with Crippen molar-refractivity contribution in [3.05, 3.63) is 99.9 Å². The number of piperazine rings is 1. The van der Waals surface area contributed by atoms with E-state index in [9.17, 15) is 4.79 Å². The number of amides is 1. The Morgan fingerprint density at radius 2 is 1.78 bits per heavy atom. The summed E-state index contributed by atoms with van der Waals surface area (Å²) in [4.78, 5) is 26.3. The fourth-order valence-corrected chi connectivity index (χ4v) is 6.50. The van der Waals surface area contributed by atoms with Crippen molar-refractivity contribution in [1.29, 1.82) is 0 Å². The van der Waals surface area contributed by atoms with Crippen molar-refractivity contribution in [2.45, 2.75) is 12.5 Å². The molecule has 0 bridgehead atoms. The van der Waals surface area contributed by atoms with Crippen molar-refractivity contribution in [3.63, 3.8) is 0 Å². The van der Waals surface area contributed by atoms with Gasteiger partial charge < -0.3 is 28.8 Å². The van der Waals surface area contributed by atoms with Crippen molar-refractivity contribution >= 4 is 39.3 Å². The number of hydrogen-bond acceptors (Lipinski definition) is 5. The van der Waals surface area contributed by atoms with Gasteiger partial charge in [0.2, 0.25) is 6.79 Å². The highest BCUT2D eigenvalue weighted by molar-refractivity contribution is 14.1. The molecule has 1 unspecified atom stereocenters. The summed E-state index contributed by atoms with van der Waals surface area (Å²) >= 11 is 2.28. The Morgan fingerprint density at radius 1 is 0.976 bits per heavy atom. The molecule has 7 rings (SSSR count). The lowest BCUT2D eigenvalue weighted by Gasteiger charge is -2.32. The Morgan fingerprint density at radius 3 is 2.61 bits per heavy atom. The molecule has 0 spiro atoms. The number of carbonyl (C=O) groups excluding carboxylic acids is 1. The molecule has 0 saturated carbocycles. The molecular weight excluding hydrogens is 629 g/mol. The maximum atomic E-state index is 14.2. The Labute approximate surface area is 252 Å². The first-order valence-corrected chi connectivity index (χ1v) is 14.9. The van der Waals surface area contributed by atoms with E-state index in [1.165, 1.54) is 0 Å². The molecule has 2 aliphatic rings. The number of benzene rings is 3. The number of aromatic nitrogens is 3. The molecule has 0 aliphatic carbocycles. The van der Waals surface area contributed by atoms with Crippen LogP contribution in [0, 0.1) is 3.70 Å². The first-order valence-electron chi connectivity index (χ1n) is 13.8. The SMILES string of the molecule is CN1CCN(C(=O)c2cn(C(Cc3ccc4c(c3)OCO4)c3[nH]cnc3I)cc2-c2cccc3ccccc23)CC1. The van der Waals surface area contributed by atoms with E-state index in [4.69, 9.17) is 9.47 Å². The minimum atomic E-state index is -0.118. The van der Waals surface area contributed by atoms with E-state index in [-0.39, 0.29) is 18.7 Å². The lowest BCUT2D eigenvalue weighted by atomic mass is 9.97. The molecule has 3 aromatic carbocycles. The van der Waals surface area contributed by atoms with Crippen LogP contribution in [0.4, 0.5) is 0 Å². The van der Waals surface area contributed by atoms with E-state index in [0.29, 0.717) is 19.5 Å². The predicted octanol–water partition coefficient (Wildman–Crippen LogP) is 5.58. The molecule has 1 amide bonds. The van der Waals surface area contributed by atoms with Gasteiger partial charge in [0.15, 0.2) is 11.5 Å². The van der Waals surface area contributed by atoms with Crippen LogP contribution < -0.4 is 9.47 Å². The third kappa shape index (κ3) is 4.97. The van der Waals surface area contributed by atoms with Gasteiger partial charge in [-0.1, -0.05) is 48.5 Å². The molecule has 2 aromatic heterocycles. The number of nitrogens with one attached hydrogen (secondary N) is 1. The molecule has 1 atom stereocenters. The summed E-state index contributed by atoms with van der Waals surface area (Å²) in [5.74, 6) is 1.59. The van der Waals surface area contributed by atoms with Gasteiger partial charge in [-0.3, -0.25) is 4.79 Å². The van der Waals surface area contributed by atoms with Crippen molar-refractivity contribution < 1.29 is 14.3 Å². The molecule has 0 radical (unpaired) electrons. The Hall–Kier alpha value is -3.83. The van der Waals surface area contributed by atoms with Gasteiger partial charge in [-0.15, -0.1) is 0 Å². The summed E-state index contributed by atoms with van der Waals surface area (Å²) in [6.45, 7) is 3.41. The van der Waals surface area contributed by atoms with Crippen molar-refractivity contribution in [2.24, 2.45) is 0 Å². The van der Waals surface area contributed by atoms with Gasteiger partial charge in [0, 0.05) is 44.1 Å². The highest BCUT2D eigenvalue weighted by Crippen LogP contribution is 2.37. The van der Waals surface area contributed by atoms with E-state index < -0.39 is 0 Å². The summed E-state index contributed by atoms with van der Waals surface area (Å²) in [5, 5.41) is 2.28. The number of nitrogens with zero attached hydrogens (tertiary/aromatic N) is 4. The lowest BCUT2D eigenvalue weighted by Crippen LogP contribution is -2.47. The monoisotopic (exact) mass is 659 g/mol. The lowest BCUT2D eigenvalue weighted by molar-refractivity contribution is 0.0664. The first kappa shape index (κ1) is 26.1. The second kappa shape index (κ2) is 10.9. The molecule has 1 saturated heterocycles. The zero-order chi connectivity index (χ0) is 27.9. The van der Waals surface area contributed by atoms with Crippen molar-refractivity contribution in [2.75, 3.05) is 40.0 Å². The van der Waals surface area contributed by atoms with Crippen molar-refractivity contribution in [1.82, 2.24) is 24.3 Å². The number of carbonyl (C=O) groups is 1. The van der Waals surface area contributed by atoms with Crippen LogP contribution in [-0.2, 0) is 6.42 Å². The fourth-order valence-electron chi connectivity index (χ4n) is 5.85. The van der Waals surface area contributed by atoms with Crippen molar-refractivity contribution in [3.8, 4) is 22.6 Å². The third-order valence-electron chi connectivity index (χ3n) is 8.13. The number of imidazole rings is 1. The van der Waals surface area contributed by atoms with Crippen LogP contribution >= 0.6 is 22.6 Å². The van der Waals surface area contributed by atoms with Crippen LogP contribution in [0.2, 0.25) is 0 Å². The quantitative estimate of drug-likeness (QED) is 0.241. The highest BCUT2D eigenvalue weighted by atomic mass is 127. The topological polar surface area (TPSA) is 75.6 Å². The van der Waals surface area contributed by atoms with E-state index in [0.717, 1.165) is 67.0 Å². The van der Waals surface area contributed by atoms with E-state index in [1.54, 1.807) is 6.33 Å². The molecule has 1 fully saturated rings. The highest BCUT2D eigenvalue weighted by Gasteiger charge is 2.28. The zero-order valence-corrected chi connectivity index (χ0v) is 24.9. The average Bonchev–Trinajstić information content (AvgIpc) is 3.75. The van der Waals surface area contributed by atoms with E-state index in [2.05, 4.69) is 104 Å². The molecular formula is C32H30IN5O3. The Kier molecular flexibility index (Phi) is 6.91. The number of fused-ring (bicyclic) bond motifs is 2. The maximum Gasteiger partial charge on any atom is 0.256 e. The first-order chi connectivity index (χ1) is 20.0. The fraction of sp³-hybridized carbons (Fsp3) is 0.250. The number of rotatable bonds is 6. The van der Waals surface area contributed by atoms with E-state index >= 15 is 0 Å². The molecule has 8 nitrogen and oxygen atoms in total. The van der Waals surface area contributed by atoms with Crippen LogP contribution in [0.5, 0.6) is 11.5 Å². The second-order valence-electron chi connectivity index (χ2n) is 10.7. The number of hydrogen-bond donors (Lipinski definition) is 1. The summed E-state index contributed by atoms with van der Waals surface area (Å²) in [6, 6.07) is 20.6. The number of likely N-dealkylation sites (N-methyl/N-ethyl adjacent to an activating group) is 1. The van der Waals surface area contributed by atoms with Gasteiger partial charge in [-0.2, -0.15) is 0 Å². The van der Waals surface area contributed by atoms with Crippen LogP contribution in [0.3, 0.4) is 0 Å². The van der Waals surface area contributed by atoms with Crippen LogP contribution in [0.15, 0.2) is 79.4 Å². The average molecular weight is 660 g/mol. The standard InChI is InChI=1S/C32H30IN5O3/c1-36-11-13-37(14-12-36)32(39)26-18-38(17-25(26)24-8-4-6-22-5-2-3-7-23(22)24)27(30-31(33)35-19-34-30)15-21-9-10-28-29(16-21)41-20-40-28/h2-10,16-19,27H,11-15,20H2,1H3,(H,34,35). The zero-order valence-electron chi connectivity index (χ0n) is 22.7. The summed E-state index contributed by atoms with van der Waals surface area (Å²) in [7, 11) is 2.10. The van der Waals surface area contributed by atoms with Gasteiger partial charge >= 0.3 is 0 Å². The van der Waals surface area contributed by atoms with Gasteiger partial charge in [0.05, 0.1) is 23.6 Å². The number of H-pyrrole nitrogens is 1. The normalized spacial score (nSPS) is 15.9. The third-order valence-corrected chi connectivity index (χ3v) is 8.99. The minimum absolute atomic E-state index is 0.0703. The van der Waals surface area contributed by atoms with Gasteiger partial charge in [-0.25, -0.2) is 4.98 Å². The van der Waals surface area contributed by atoms with E-state index in [1.807, 2.05) is 23.2 Å². The molecule has 9 heteroatoms. The number of aromatic amines is 1. The summed E-state index contributed by atoms with van der Waals surface area (Å²) in [6.07, 6.45) is 6.59. The maximum absolute atomic E-state index is 14.2. The molecule has 41 heavy (non-hydrogen) atoms. The van der Waals surface area contributed by atoms with Crippen LogP contribution in [-0.4, -0.2) is 70.3 Å². The van der Waals surface area contributed by atoms with Crippen LogP contribution in [0.25, 0.3) is 21.9 Å². The molecule has 5 aromatic rings.